The highest BCUT2D eigenvalue weighted by Crippen LogP contribution is 2.25. The van der Waals surface area contributed by atoms with Gasteiger partial charge >= 0.3 is 0 Å². The molecule has 2 rings (SSSR count). The summed E-state index contributed by atoms with van der Waals surface area (Å²) in [5.41, 5.74) is 0.875. The first-order valence-corrected chi connectivity index (χ1v) is 10.4. The van der Waals surface area contributed by atoms with Crippen molar-refractivity contribution < 1.29 is 13.3 Å². The van der Waals surface area contributed by atoms with Gasteiger partial charge in [-0.3, -0.25) is 4.90 Å². The molecular weight excluding hydrogens is 358 g/mol. The molecule has 1 aliphatic rings. The normalized spacial score (nSPS) is 21.7. The average molecular weight is 391 g/mol. The fourth-order valence-electron chi connectivity index (χ4n) is 3.19. The molecule has 0 saturated carbocycles. The van der Waals surface area contributed by atoms with Crippen LogP contribution < -0.4 is 4.72 Å². The number of rotatable bonds is 8. The van der Waals surface area contributed by atoms with E-state index in [0.717, 1.165) is 25.2 Å². The molecule has 8 heteroatoms. The van der Waals surface area contributed by atoms with Crippen molar-refractivity contribution in [2.75, 3.05) is 19.6 Å². The van der Waals surface area contributed by atoms with Gasteiger partial charge in [-0.1, -0.05) is 13.8 Å². The van der Waals surface area contributed by atoms with Gasteiger partial charge in [-0.25, -0.2) is 13.8 Å². The van der Waals surface area contributed by atoms with E-state index in [0.29, 0.717) is 12.5 Å². The number of alkyl halides is 2. The highest BCUT2D eigenvalue weighted by molar-refractivity contribution is 7.90. The largest absolute Gasteiger partial charge is 0.598 e. The monoisotopic (exact) mass is 390 g/mol. The Hall–Kier alpha value is -0.700. The molecule has 26 heavy (non-hydrogen) atoms. The lowest BCUT2D eigenvalue weighted by molar-refractivity contribution is 0.0975. The van der Waals surface area contributed by atoms with Crippen molar-refractivity contribution in [1.82, 2.24) is 19.2 Å². The fourth-order valence-corrected chi connectivity index (χ4v) is 4.17. The summed E-state index contributed by atoms with van der Waals surface area (Å²) in [7, 11) is 0. The highest BCUT2D eigenvalue weighted by Gasteiger charge is 2.32. The number of hydrogen-bond donors (Lipinski definition) is 1. The summed E-state index contributed by atoms with van der Waals surface area (Å²) in [5.74, 6) is 0.614. The number of imidazole rings is 1. The van der Waals surface area contributed by atoms with Crippen molar-refractivity contribution >= 4 is 11.4 Å². The van der Waals surface area contributed by atoms with Crippen LogP contribution in [-0.2, 0) is 17.9 Å². The lowest BCUT2D eigenvalue weighted by Gasteiger charge is -2.28. The Morgan fingerprint density at radius 1 is 1.38 bits per heavy atom. The van der Waals surface area contributed by atoms with Crippen molar-refractivity contribution in [3.05, 3.63) is 18.2 Å². The van der Waals surface area contributed by atoms with Gasteiger partial charge in [0.2, 0.25) is 0 Å². The van der Waals surface area contributed by atoms with Crippen LogP contribution in [0.2, 0.25) is 0 Å². The summed E-state index contributed by atoms with van der Waals surface area (Å²) < 4.78 is 42.4. The molecule has 1 aliphatic heterocycles. The second-order valence-corrected chi connectivity index (χ2v) is 10.5. The maximum atomic E-state index is 12.5. The molecule has 1 aromatic heterocycles. The van der Waals surface area contributed by atoms with Crippen LogP contribution in [-0.4, -0.2) is 49.8 Å². The molecule has 0 aromatic carbocycles. The molecule has 150 valence electrons. The summed E-state index contributed by atoms with van der Waals surface area (Å²) in [5, 5.41) is 0. The second-order valence-electron chi connectivity index (χ2n) is 8.52. The summed E-state index contributed by atoms with van der Waals surface area (Å²) in [6.07, 6.45) is 2.45. The van der Waals surface area contributed by atoms with E-state index in [2.05, 4.69) is 23.6 Å². The molecule has 1 saturated heterocycles. The van der Waals surface area contributed by atoms with E-state index in [1.807, 2.05) is 36.4 Å². The van der Waals surface area contributed by atoms with Crippen LogP contribution in [0.5, 0.6) is 0 Å². The summed E-state index contributed by atoms with van der Waals surface area (Å²) >= 11 is -1.17. The SMILES string of the molecule is CC(C)C(N[S+]([O-])C(C)(C)C)c1cn(C[C@H]2CCN(CC(F)F)C2)cn1. The van der Waals surface area contributed by atoms with Crippen molar-refractivity contribution in [1.29, 1.82) is 0 Å². The van der Waals surface area contributed by atoms with Crippen LogP contribution in [0.15, 0.2) is 12.5 Å². The Balaban J connectivity index is 1.96. The van der Waals surface area contributed by atoms with E-state index in [9.17, 15) is 13.3 Å². The van der Waals surface area contributed by atoms with Crippen LogP contribution in [0, 0.1) is 11.8 Å². The molecule has 3 atom stereocenters. The molecule has 5 nitrogen and oxygen atoms in total. The van der Waals surface area contributed by atoms with E-state index >= 15 is 0 Å². The molecule has 1 N–H and O–H groups in total. The Morgan fingerprint density at radius 3 is 2.65 bits per heavy atom. The van der Waals surface area contributed by atoms with Crippen LogP contribution in [0.4, 0.5) is 8.78 Å². The van der Waals surface area contributed by atoms with Gasteiger partial charge in [0.25, 0.3) is 6.43 Å². The Bertz CT molecular complexity index is 562. The quantitative estimate of drug-likeness (QED) is 0.693. The van der Waals surface area contributed by atoms with E-state index < -0.39 is 17.8 Å². The molecule has 0 bridgehead atoms. The number of nitrogens with zero attached hydrogens (tertiary/aromatic N) is 3. The van der Waals surface area contributed by atoms with Gasteiger partial charge in [0.15, 0.2) is 0 Å². The van der Waals surface area contributed by atoms with Gasteiger partial charge in [-0.2, -0.15) is 0 Å². The van der Waals surface area contributed by atoms with E-state index in [1.165, 1.54) is 0 Å². The average Bonchev–Trinajstić information content (AvgIpc) is 3.12. The topological polar surface area (TPSA) is 56.1 Å². The fraction of sp³-hybridized carbons (Fsp3) is 0.833. The van der Waals surface area contributed by atoms with E-state index in [4.69, 9.17) is 0 Å². The van der Waals surface area contributed by atoms with E-state index in [1.54, 1.807) is 6.33 Å². The van der Waals surface area contributed by atoms with Gasteiger partial charge in [-0.15, -0.1) is 4.72 Å². The van der Waals surface area contributed by atoms with Crippen molar-refractivity contribution in [2.45, 2.75) is 64.8 Å². The molecular formula is C18H32F2N4OS. The third-order valence-corrected chi connectivity index (χ3v) is 6.24. The zero-order valence-electron chi connectivity index (χ0n) is 16.4. The zero-order valence-corrected chi connectivity index (χ0v) is 17.2. The first-order chi connectivity index (χ1) is 12.1. The van der Waals surface area contributed by atoms with Gasteiger partial charge < -0.3 is 9.12 Å². The molecule has 1 aromatic rings. The number of likely N-dealkylation sites (tertiary alicyclic amines) is 1. The van der Waals surface area contributed by atoms with Gasteiger partial charge in [0, 0.05) is 30.6 Å². The predicted molar refractivity (Wildman–Crippen MR) is 101 cm³/mol. The summed E-state index contributed by atoms with van der Waals surface area (Å²) in [6.45, 7) is 12.1. The minimum Gasteiger partial charge on any atom is -0.598 e. The van der Waals surface area contributed by atoms with Crippen LogP contribution in [0.3, 0.4) is 0 Å². The van der Waals surface area contributed by atoms with Gasteiger partial charge in [-0.05, 0) is 45.6 Å². The number of nitrogens with one attached hydrogen (secondary N) is 1. The Labute approximate surface area is 158 Å². The summed E-state index contributed by atoms with van der Waals surface area (Å²) in [6, 6.07) is -0.0878. The minimum absolute atomic E-state index is 0.0878. The lowest BCUT2D eigenvalue weighted by Crippen LogP contribution is -2.42. The third-order valence-electron chi connectivity index (χ3n) is 4.66. The van der Waals surface area contributed by atoms with Gasteiger partial charge in [0.05, 0.1) is 24.6 Å². The van der Waals surface area contributed by atoms with E-state index in [-0.39, 0.29) is 23.3 Å². The predicted octanol–water partition coefficient (Wildman–Crippen LogP) is 3.22. The molecule has 2 unspecified atom stereocenters. The molecule has 0 aliphatic carbocycles. The van der Waals surface area contributed by atoms with Crippen molar-refractivity contribution in [2.24, 2.45) is 11.8 Å². The number of halogens is 2. The smallest absolute Gasteiger partial charge is 0.251 e. The van der Waals surface area contributed by atoms with Crippen molar-refractivity contribution in [3.8, 4) is 0 Å². The number of aromatic nitrogens is 2. The maximum Gasteiger partial charge on any atom is 0.251 e. The highest BCUT2D eigenvalue weighted by atomic mass is 32.2. The van der Waals surface area contributed by atoms with Gasteiger partial charge in [0.1, 0.15) is 4.75 Å². The first kappa shape index (κ1) is 21.6. The van der Waals surface area contributed by atoms with Crippen LogP contribution in [0.1, 0.15) is 52.8 Å². The Morgan fingerprint density at radius 2 is 2.08 bits per heavy atom. The second kappa shape index (κ2) is 8.99. The molecule has 0 spiro atoms. The molecule has 0 amide bonds. The molecule has 0 radical (unpaired) electrons. The zero-order chi connectivity index (χ0) is 19.5. The minimum atomic E-state index is -2.27. The maximum absolute atomic E-state index is 12.5. The van der Waals surface area contributed by atoms with Crippen molar-refractivity contribution in [3.63, 3.8) is 0 Å². The Kier molecular flexibility index (Phi) is 7.47. The molecule has 2 heterocycles. The standard InChI is InChI=1S/C18H32F2N4OS/c1-13(2)17(22-26(25)18(3,4)5)15-10-24(12-21-15)9-14-6-7-23(8-14)11-16(19)20/h10,12-14,16-17,22H,6-9,11H2,1-5H3/t14-,17?,26?/m0/s1. The third kappa shape index (κ3) is 6.18. The van der Waals surface area contributed by atoms with Crippen LogP contribution >= 0.6 is 0 Å². The summed E-state index contributed by atoms with van der Waals surface area (Å²) in [4.78, 5) is 6.35. The molecule has 1 fully saturated rings. The first-order valence-electron chi connectivity index (χ1n) is 9.26. The number of hydrogen-bond acceptors (Lipinski definition) is 4. The van der Waals surface area contributed by atoms with Crippen LogP contribution in [0.25, 0.3) is 0 Å². The lowest BCUT2D eigenvalue weighted by atomic mass is 10.0.